The SMILES string of the molecule is C=C(CC1CCCCC1)Nc1cncc(-c2ccc3[nH]nc(-c4cc5c(C6=CCC=C6)ccnc5[nH]4)c3c2)c1. The number of H-pyrrole nitrogens is 2. The van der Waals surface area contributed by atoms with Crippen molar-refractivity contribution in [1.82, 2.24) is 25.1 Å². The maximum absolute atomic E-state index is 4.68. The summed E-state index contributed by atoms with van der Waals surface area (Å²) in [4.78, 5) is 12.6. The molecule has 0 unspecified atom stereocenters. The van der Waals surface area contributed by atoms with E-state index in [2.05, 4.69) is 91.7 Å². The van der Waals surface area contributed by atoms with Crippen LogP contribution in [0.25, 0.3) is 50.0 Å². The van der Waals surface area contributed by atoms with Gasteiger partial charge in [0, 0.05) is 34.4 Å². The molecule has 0 aliphatic heterocycles. The van der Waals surface area contributed by atoms with Crippen LogP contribution in [0.5, 0.6) is 0 Å². The summed E-state index contributed by atoms with van der Waals surface area (Å²) in [6, 6.07) is 12.8. The van der Waals surface area contributed by atoms with Gasteiger partial charge in [-0.15, -0.1) is 0 Å². The van der Waals surface area contributed by atoms with Gasteiger partial charge in [-0.2, -0.15) is 5.10 Å². The Hall–Kier alpha value is -4.45. The van der Waals surface area contributed by atoms with Crippen LogP contribution in [0.3, 0.4) is 0 Å². The molecular formula is C33H32N6. The van der Waals surface area contributed by atoms with E-state index in [0.29, 0.717) is 0 Å². The van der Waals surface area contributed by atoms with Gasteiger partial charge in [0.2, 0.25) is 0 Å². The number of fused-ring (bicyclic) bond motifs is 2. The zero-order valence-corrected chi connectivity index (χ0v) is 22.0. The van der Waals surface area contributed by atoms with E-state index in [9.17, 15) is 0 Å². The third kappa shape index (κ3) is 4.67. The molecule has 4 heterocycles. The van der Waals surface area contributed by atoms with Crippen molar-refractivity contribution in [3.05, 3.63) is 91.1 Å². The lowest BCUT2D eigenvalue weighted by atomic mass is 9.86. The van der Waals surface area contributed by atoms with Gasteiger partial charge in [-0.1, -0.05) is 63.0 Å². The lowest BCUT2D eigenvalue weighted by Gasteiger charge is -2.22. The molecule has 0 saturated heterocycles. The van der Waals surface area contributed by atoms with Crippen molar-refractivity contribution < 1.29 is 0 Å². The molecule has 2 aliphatic carbocycles. The number of rotatable bonds is 7. The molecule has 39 heavy (non-hydrogen) atoms. The normalized spacial score (nSPS) is 15.7. The number of anilines is 1. The molecule has 1 aromatic carbocycles. The van der Waals surface area contributed by atoms with Gasteiger partial charge in [-0.3, -0.25) is 10.1 Å². The molecule has 0 radical (unpaired) electrons. The minimum absolute atomic E-state index is 0.749. The Labute approximate surface area is 228 Å². The molecule has 194 valence electrons. The minimum Gasteiger partial charge on any atom is -0.358 e. The van der Waals surface area contributed by atoms with Gasteiger partial charge in [0.05, 0.1) is 23.1 Å². The van der Waals surface area contributed by atoms with Crippen molar-refractivity contribution >= 4 is 33.2 Å². The first-order valence-corrected chi connectivity index (χ1v) is 13.9. The lowest BCUT2D eigenvalue weighted by molar-refractivity contribution is 0.357. The number of aromatic nitrogens is 5. The topological polar surface area (TPSA) is 82.3 Å². The highest BCUT2D eigenvalue weighted by molar-refractivity contribution is 6.00. The second kappa shape index (κ2) is 10.0. The Morgan fingerprint density at radius 2 is 1.92 bits per heavy atom. The molecule has 3 N–H and O–H groups in total. The van der Waals surface area contributed by atoms with Gasteiger partial charge in [-0.25, -0.2) is 4.98 Å². The first-order chi connectivity index (χ1) is 19.2. The predicted molar refractivity (Wildman–Crippen MR) is 160 cm³/mol. The number of benzene rings is 1. The van der Waals surface area contributed by atoms with Gasteiger partial charge >= 0.3 is 0 Å². The van der Waals surface area contributed by atoms with Gasteiger partial charge in [0.1, 0.15) is 11.3 Å². The van der Waals surface area contributed by atoms with E-state index in [4.69, 9.17) is 0 Å². The Morgan fingerprint density at radius 3 is 2.79 bits per heavy atom. The van der Waals surface area contributed by atoms with Crippen molar-refractivity contribution in [3.63, 3.8) is 0 Å². The van der Waals surface area contributed by atoms with Gasteiger partial charge in [0.15, 0.2) is 0 Å². The lowest BCUT2D eigenvalue weighted by Crippen LogP contribution is -2.10. The third-order valence-corrected chi connectivity index (χ3v) is 8.08. The molecular weight excluding hydrogens is 480 g/mol. The van der Waals surface area contributed by atoms with E-state index >= 15 is 0 Å². The maximum atomic E-state index is 4.68. The summed E-state index contributed by atoms with van der Waals surface area (Å²) < 4.78 is 0. The Kier molecular flexibility index (Phi) is 6.08. The number of nitrogens with zero attached hydrogens (tertiary/aromatic N) is 3. The molecule has 5 aromatic rings. The molecule has 0 atom stereocenters. The van der Waals surface area contributed by atoms with Crippen LogP contribution in [0.2, 0.25) is 0 Å². The summed E-state index contributed by atoms with van der Waals surface area (Å²) in [5.74, 6) is 0.749. The molecule has 1 fully saturated rings. The molecule has 7 rings (SSSR count). The quantitative estimate of drug-likeness (QED) is 0.204. The zero-order chi connectivity index (χ0) is 26.2. The third-order valence-electron chi connectivity index (χ3n) is 8.08. The smallest absolute Gasteiger partial charge is 0.138 e. The molecule has 6 nitrogen and oxygen atoms in total. The summed E-state index contributed by atoms with van der Waals surface area (Å²) in [7, 11) is 0. The van der Waals surface area contributed by atoms with E-state index < -0.39 is 0 Å². The fourth-order valence-corrected chi connectivity index (χ4v) is 6.12. The van der Waals surface area contributed by atoms with E-state index in [1.165, 1.54) is 43.2 Å². The molecule has 1 saturated carbocycles. The van der Waals surface area contributed by atoms with Crippen molar-refractivity contribution in [2.75, 3.05) is 5.32 Å². The summed E-state index contributed by atoms with van der Waals surface area (Å²) in [6.45, 7) is 4.31. The number of pyridine rings is 2. The number of allylic oxidation sites excluding steroid dienone is 5. The fourth-order valence-electron chi connectivity index (χ4n) is 6.12. The highest BCUT2D eigenvalue weighted by atomic mass is 15.1. The average molecular weight is 513 g/mol. The van der Waals surface area contributed by atoms with E-state index in [1.54, 1.807) is 0 Å². The average Bonchev–Trinajstić information content (AvgIpc) is 3.73. The van der Waals surface area contributed by atoms with Gasteiger partial charge in [-0.05, 0) is 65.8 Å². The van der Waals surface area contributed by atoms with Crippen molar-refractivity contribution in [1.29, 1.82) is 0 Å². The first-order valence-electron chi connectivity index (χ1n) is 13.9. The largest absolute Gasteiger partial charge is 0.358 e. The monoisotopic (exact) mass is 512 g/mol. The standard InChI is InChI=1S/C33H32N6/c1-21(15-22-7-3-2-4-8-22)36-26-16-25(19-34-20-26)24-11-12-30-29(17-24)32(39-38-30)31-18-28-27(23-9-5-6-10-23)13-14-35-33(28)37-31/h5,9-14,16-20,22,36H,1-4,6-8,15H2,(H,35,37)(H,38,39). The summed E-state index contributed by atoms with van der Waals surface area (Å²) >= 11 is 0. The van der Waals surface area contributed by atoms with Crippen LogP contribution in [0.1, 0.15) is 50.5 Å². The zero-order valence-electron chi connectivity index (χ0n) is 22.0. The molecule has 6 heteroatoms. The van der Waals surface area contributed by atoms with E-state index in [0.717, 1.165) is 74.6 Å². The fraction of sp³-hybridized carbons (Fsp3) is 0.242. The van der Waals surface area contributed by atoms with Crippen molar-refractivity contribution in [2.24, 2.45) is 5.92 Å². The second-order valence-electron chi connectivity index (χ2n) is 10.8. The molecule has 4 aromatic heterocycles. The van der Waals surface area contributed by atoms with Crippen LogP contribution in [0.15, 0.2) is 85.5 Å². The minimum atomic E-state index is 0.749. The number of aromatic amines is 2. The number of nitrogens with one attached hydrogen (secondary N) is 3. The van der Waals surface area contributed by atoms with Crippen molar-refractivity contribution in [3.8, 4) is 22.5 Å². The Bertz CT molecular complexity index is 1740. The van der Waals surface area contributed by atoms with Crippen LogP contribution in [0.4, 0.5) is 5.69 Å². The summed E-state index contributed by atoms with van der Waals surface area (Å²) in [5, 5.41) is 13.6. The number of hydrogen-bond donors (Lipinski definition) is 3. The first kappa shape index (κ1) is 23.7. The summed E-state index contributed by atoms with van der Waals surface area (Å²) in [5.41, 5.74) is 10.3. The van der Waals surface area contributed by atoms with Crippen molar-refractivity contribution in [2.45, 2.75) is 44.9 Å². The van der Waals surface area contributed by atoms with Crippen LogP contribution >= 0.6 is 0 Å². The van der Waals surface area contributed by atoms with E-state index in [1.807, 2.05) is 18.6 Å². The molecule has 2 aliphatic rings. The van der Waals surface area contributed by atoms with Gasteiger partial charge < -0.3 is 10.3 Å². The Balaban J connectivity index is 1.18. The molecule has 0 spiro atoms. The number of hydrogen-bond acceptors (Lipinski definition) is 4. The Morgan fingerprint density at radius 1 is 1.00 bits per heavy atom. The van der Waals surface area contributed by atoms with Crippen LogP contribution < -0.4 is 5.32 Å². The molecule has 0 amide bonds. The molecule has 0 bridgehead atoms. The van der Waals surface area contributed by atoms with Gasteiger partial charge in [0.25, 0.3) is 0 Å². The van der Waals surface area contributed by atoms with Crippen LogP contribution in [-0.2, 0) is 0 Å². The highest BCUT2D eigenvalue weighted by Crippen LogP contribution is 2.35. The summed E-state index contributed by atoms with van der Waals surface area (Å²) in [6.07, 6.45) is 21.0. The van der Waals surface area contributed by atoms with Crippen LogP contribution in [0, 0.1) is 5.92 Å². The maximum Gasteiger partial charge on any atom is 0.138 e. The highest BCUT2D eigenvalue weighted by Gasteiger charge is 2.17. The second-order valence-corrected chi connectivity index (χ2v) is 10.8. The van der Waals surface area contributed by atoms with Crippen LogP contribution in [-0.4, -0.2) is 25.1 Å². The van der Waals surface area contributed by atoms with E-state index in [-0.39, 0.29) is 0 Å². The predicted octanol–water partition coefficient (Wildman–Crippen LogP) is 8.41.